The molecule has 0 aliphatic carbocycles. The third-order valence-electron chi connectivity index (χ3n) is 3.07. The second-order valence-electron chi connectivity index (χ2n) is 4.69. The first-order valence-electron chi connectivity index (χ1n) is 6.65. The van der Waals surface area contributed by atoms with Crippen molar-refractivity contribution < 1.29 is 4.92 Å². The van der Waals surface area contributed by atoms with E-state index in [2.05, 4.69) is 5.10 Å². The van der Waals surface area contributed by atoms with Crippen molar-refractivity contribution in [1.29, 1.82) is 5.41 Å². The fourth-order valence-corrected chi connectivity index (χ4v) is 1.99. The number of non-ortho nitro benzene ring substituents is 1. The van der Waals surface area contributed by atoms with Gasteiger partial charge in [-0.2, -0.15) is 5.10 Å². The van der Waals surface area contributed by atoms with Crippen LogP contribution in [0.1, 0.15) is 18.9 Å². The molecule has 1 aromatic carbocycles. The molecule has 0 bridgehead atoms. The zero-order valence-corrected chi connectivity index (χ0v) is 11.9. The van der Waals surface area contributed by atoms with Crippen LogP contribution in [0.15, 0.2) is 35.1 Å². The van der Waals surface area contributed by atoms with Crippen LogP contribution in [0.2, 0.25) is 0 Å². The monoisotopic (exact) mass is 301 g/mol. The summed E-state index contributed by atoms with van der Waals surface area (Å²) in [5.41, 5.74) is 6.11. The van der Waals surface area contributed by atoms with E-state index in [1.54, 1.807) is 12.1 Å². The molecule has 0 amide bonds. The summed E-state index contributed by atoms with van der Waals surface area (Å²) in [5, 5.41) is 22.4. The fraction of sp³-hybridized carbons (Fsp3) is 0.214. The number of amidine groups is 1. The predicted molar refractivity (Wildman–Crippen MR) is 81.9 cm³/mol. The van der Waals surface area contributed by atoms with Gasteiger partial charge in [-0.25, -0.2) is 4.68 Å². The molecule has 0 unspecified atom stereocenters. The van der Waals surface area contributed by atoms with Crippen molar-refractivity contribution in [2.24, 2.45) is 5.73 Å². The maximum absolute atomic E-state index is 12.1. The van der Waals surface area contributed by atoms with E-state index in [4.69, 9.17) is 11.1 Å². The van der Waals surface area contributed by atoms with Crippen molar-refractivity contribution in [3.8, 4) is 11.3 Å². The lowest BCUT2D eigenvalue weighted by atomic mass is 10.1. The number of nitro groups is 1. The summed E-state index contributed by atoms with van der Waals surface area (Å²) in [7, 11) is 0. The van der Waals surface area contributed by atoms with Crippen molar-refractivity contribution in [1.82, 2.24) is 9.78 Å². The van der Waals surface area contributed by atoms with Crippen LogP contribution in [0.25, 0.3) is 11.3 Å². The van der Waals surface area contributed by atoms with E-state index in [1.807, 2.05) is 6.92 Å². The highest BCUT2D eigenvalue weighted by molar-refractivity contribution is 5.95. The summed E-state index contributed by atoms with van der Waals surface area (Å²) in [6.45, 7) is 2.31. The van der Waals surface area contributed by atoms with Crippen LogP contribution in [0.3, 0.4) is 0 Å². The molecule has 0 saturated carbocycles. The summed E-state index contributed by atoms with van der Waals surface area (Å²) in [6, 6.07) is 7.24. The Labute approximate surface area is 125 Å². The first-order chi connectivity index (χ1) is 10.4. The van der Waals surface area contributed by atoms with Gasteiger partial charge in [-0.1, -0.05) is 6.92 Å². The van der Waals surface area contributed by atoms with Crippen LogP contribution < -0.4 is 11.3 Å². The maximum atomic E-state index is 12.1. The number of nitro benzene ring substituents is 1. The molecule has 0 spiro atoms. The minimum Gasteiger partial charge on any atom is -0.384 e. The first-order valence-corrected chi connectivity index (χ1v) is 6.65. The molecule has 0 atom stereocenters. The summed E-state index contributed by atoms with van der Waals surface area (Å²) in [4.78, 5) is 22.3. The quantitative estimate of drug-likeness (QED) is 0.374. The van der Waals surface area contributed by atoms with Gasteiger partial charge in [-0.3, -0.25) is 20.3 Å². The van der Waals surface area contributed by atoms with Gasteiger partial charge in [0.1, 0.15) is 5.84 Å². The standard InChI is InChI=1S/C14H15N5O3/c1-2-7-18-14(20)11(13(15)16)8-12(17-18)9-3-5-10(6-4-9)19(21)22/h3-6,8H,2,7H2,1H3,(H3,15,16). The number of nitrogens with one attached hydrogen (secondary N) is 1. The largest absolute Gasteiger partial charge is 0.384 e. The fourth-order valence-electron chi connectivity index (χ4n) is 1.99. The van der Waals surface area contributed by atoms with Gasteiger partial charge in [-0.15, -0.1) is 0 Å². The third-order valence-corrected chi connectivity index (χ3v) is 3.07. The highest BCUT2D eigenvalue weighted by Gasteiger charge is 2.13. The molecule has 2 aromatic rings. The molecular weight excluding hydrogens is 286 g/mol. The smallest absolute Gasteiger partial charge is 0.277 e. The Morgan fingerprint density at radius 2 is 2.05 bits per heavy atom. The van der Waals surface area contributed by atoms with E-state index in [-0.39, 0.29) is 17.1 Å². The number of hydrogen-bond donors (Lipinski definition) is 2. The van der Waals surface area contributed by atoms with Crippen LogP contribution in [-0.2, 0) is 6.54 Å². The zero-order chi connectivity index (χ0) is 16.3. The number of benzene rings is 1. The summed E-state index contributed by atoms with van der Waals surface area (Å²) in [6.07, 6.45) is 0.702. The molecule has 0 saturated heterocycles. The molecule has 8 heteroatoms. The van der Waals surface area contributed by atoms with Crippen molar-refractivity contribution >= 4 is 11.5 Å². The maximum Gasteiger partial charge on any atom is 0.277 e. The van der Waals surface area contributed by atoms with Crippen molar-refractivity contribution in [3.63, 3.8) is 0 Å². The molecule has 114 valence electrons. The lowest BCUT2D eigenvalue weighted by Gasteiger charge is -2.09. The number of aromatic nitrogens is 2. The van der Waals surface area contributed by atoms with Gasteiger partial charge < -0.3 is 5.73 Å². The second-order valence-corrected chi connectivity index (χ2v) is 4.69. The highest BCUT2D eigenvalue weighted by atomic mass is 16.6. The number of hydrogen-bond acceptors (Lipinski definition) is 5. The van der Waals surface area contributed by atoms with Crippen LogP contribution in [-0.4, -0.2) is 20.5 Å². The van der Waals surface area contributed by atoms with Gasteiger partial charge in [0.05, 0.1) is 16.2 Å². The molecule has 1 heterocycles. The topological polar surface area (TPSA) is 128 Å². The number of nitrogen functional groups attached to an aromatic ring is 1. The molecule has 0 aliphatic rings. The van der Waals surface area contributed by atoms with E-state index in [0.29, 0.717) is 24.2 Å². The number of nitrogens with two attached hydrogens (primary N) is 1. The molecule has 3 N–H and O–H groups in total. The summed E-state index contributed by atoms with van der Waals surface area (Å²) >= 11 is 0. The van der Waals surface area contributed by atoms with Crippen molar-refractivity contribution in [2.45, 2.75) is 19.9 Å². The van der Waals surface area contributed by atoms with Crippen LogP contribution >= 0.6 is 0 Å². The van der Waals surface area contributed by atoms with Crippen LogP contribution in [0, 0.1) is 15.5 Å². The number of nitrogens with zero attached hydrogens (tertiary/aromatic N) is 3. The molecule has 22 heavy (non-hydrogen) atoms. The van der Waals surface area contributed by atoms with E-state index >= 15 is 0 Å². The molecule has 0 fully saturated rings. The predicted octanol–water partition coefficient (Wildman–Crippen LogP) is 1.51. The van der Waals surface area contributed by atoms with E-state index < -0.39 is 10.5 Å². The Balaban J connectivity index is 2.56. The molecule has 0 radical (unpaired) electrons. The van der Waals surface area contributed by atoms with Gasteiger partial charge in [0.25, 0.3) is 11.2 Å². The minimum absolute atomic E-state index is 0.0302. The third kappa shape index (κ3) is 3.00. The number of aryl methyl sites for hydroxylation is 1. The molecule has 2 rings (SSSR count). The Kier molecular flexibility index (Phi) is 4.31. The van der Waals surface area contributed by atoms with Gasteiger partial charge in [0, 0.05) is 24.2 Å². The summed E-state index contributed by atoms with van der Waals surface area (Å²) in [5.74, 6) is -0.333. The Hall–Kier alpha value is -3.03. The van der Waals surface area contributed by atoms with Gasteiger partial charge in [0.2, 0.25) is 0 Å². The molecule has 1 aromatic heterocycles. The lowest BCUT2D eigenvalue weighted by Crippen LogP contribution is -2.31. The minimum atomic E-state index is -0.490. The van der Waals surface area contributed by atoms with E-state index in [0.717, 1.165) is 0 Å². The Bertz CT molecular complexity index is 780. The first kappa shape index (κ1) is 15.4. The van der Waals surface area contributed by atoms with Crippen LogP contribution in [0.4, 0.5) is 5.69 Å². The molecule has 0 aliphatic heterocycles. The lowest BCUT2D eigenvalue weighted by molar-refractivity contribution is -0.384. The molecule has 8 nitrogen and oxygen atoms in total. The van der Waals surface area contributed by atoms with Gasteiger partial charge >= 0.3 is 0 Å². The average molecular weight is 301 g/mol. The second kappa shape index (κ2) is 6.17. The average Bonchev–Trinajstić information content (AvgIpc) is 2.49. The molecular formula is C14H15N5O3. The normalized spacial score (nSPS) is 10.4. The zero-order valence-electron chi connectivity index (χ0n) is 11.9. The van der Waals surface area contributed by atoms with E-state index in [9.17, 15) is 14.9 Å². The van der Waals surface area contributed by atoms with Gasteiger partial charge in [0.15, 0.2) is 0 Å². The van der Waals surface area contributed by atoms with Crippen LogP contribution in [0.5, 0.6) is 0 Å². The van der Waals surface area contributed by atoms with E-state index in [1.165, 1.54) is 22.9 Å². The van der Waals surface area contributed by atoms with Crippen molar-refractivity contribution in [2.75, 3.05) is 0 Å². The SMILES string of the molecule is CCCn1nc(-c2ccc([N+](=O)[O-])cc2)cc(C(=N)N)c1=O. The summed E-state index contributed by atoms with van der Waals surface area (Å²) < 4.78 is 1.26. The Morgan fingerprint density at radius 3 is 2.55 bits per heavy atom. The highest BCUT2D eigenvalue weighted by Crippen LogP contribution is 2.20. The van der Waals surface area contributed by atoms with Gasteiger partial charge in [-0.05, 0) is 24.6 Å². The Morgan fingerprint density at radius 1 is 1.41 bits per heavy atom. The van der Waals surface area contributed by atoms with Crippen molar-refractivity contribution in [3.05, 3.63) is 56.4 Å². The number of rotatable bonds is 5.